The lowest BCUT2D eigenvalue weighted by atomic mass is 9.94. The van der Waals surface area contributed by atoms with Gasteiger partial charge in [-0.2, -0.15) is 0 Å². The number of furan rings is 1. The van der Waals surface area contributed by atoms with Crippen LogP contribution in [-0.4, -0.2) is 49.2 Å². The largest absolute Gasteiger partial charge is 0.461 e. The third-order valence-electron chi connectivity index (χ3n) is 5.80. The molecule has 30 heavy (non-hydrogen) atoms. The Morgan fingerprint density at radius 3 is 2.80 bits per heavy atom. The number of benzene rings is 1. The van der Waals surface area contributed by atoms with Crippen LogP contribution >= 0.6 is 11.8 Å². The lowest BCUT2D eigenvalue weighted by molar-refractivity contribution is -0.129. The number of hydrogen-bond acceptors (Lipinski definition) is 6. The summed E-state index contributed by atoms with van der Waals surface area (Å²) in [6.07, 6.45) is 7.50. The van der Waals surface area contributed by atoms with Crippen LogP contribution in [0.1, 0.15) is 32.1 Å². The van der Waals surface area contributed by atoms with E-state index in [-0.39, 0.29) is 5.91 Å². The molecule has 8 heteroatoms. The number of hydrogen-bond donors (Lipinski definition) is 0. The van der Waals surface area contributed by atoms with Gasteiger partial charge in [-0.3, -0.25) is 9.20 Å². The maximum Gasteiger partial charge on any atom is 0.233 e. The van der Waals surface area contributed by atoms with E-state index in [0.29, 0.717) is 34.2 Å². The molecule has 1 amide bonds. The number of aromatic nitrogens is 4. The molecular formula is C22H23N5O2S. The third kappa shape index (κ3) is 3.45. The van der Waals surface area contributed by atoms with Gasteiger partial charge in [-0.05, 0) is 37.1 Å². The molecule has 1 aliphatic carbocycles. The van der Waals surface area contributed by atoms with E-state index in [1.165, 1.54) is 31.0 Å². The molecule has 0 atom stereocenters. The fourth-order valence-electron chi connectivity index (χ4n) is 4.12. The van der Waals surface area contributed by atoms with Gasteiger partial charge in [-0.15, -0.1) is 10.2 Å². The first-order valence-corrected chi connectivity index (χ1v) is 11.3. The molecule has 3 aromatic heterocycles. The van der Waals surface area contributed by atoms with Gasteiger partial charge in [0.1, 0.15) is 0 Å². The van der Waals surface area contributed by atoms with Crippen molar-refractivity contribution >= 4 is 34.2 Å². The smallest absolute Gasteiger partial charge is 0.233 e. The Morgan fingerprint density at radius 2 is 2.00 bits per heavy atom. The van der Waals surface area contributed by atoms with Crippen molar-refractivity contribution in [3.63, 3.8) is 0 Å². The number of amides is 1. The standard InChI is InChI=1S/C22H23N5O2S/c1-26(15-8-3-2-4-9-15)19(28)14-30-22-25-24-20-16-10-5-6-11-17(16)23-21(27(20)22)18-12-7-13-29-18/h5-7,10-13,15H,2-4,8-9,14H2,1H3. The van der Waals surface area contributed by atoms with Crippen molar-refractivity contribution in [2.24, 2.45) is 0 Å². The van der Waals surface area contributed by atoms with Crippen LogP contribution < -0.4 is 0 Å². The Balaban J connectivity index is 1.47. The van der Waals surface area contributed by atoms with Crippen LogP contribution in [0.3, 0.4) is 0 Å². The quantitative estimate of drug-likeness (QED) is 0.444. The minimum Gasteiger partial charge on any atom is -0.461 e. The van der Waals surface area contributed by atoms with Gasteiger partial charge in [0.25, 0.3) is 0 Å². The van der Waals surface area contributed by atoms with Gasteiger partial charge in [0.05, 0.1) is 17.5 Å². The summed E-state index contributed by atoms with van der Waals surface area (Å²) in [6.45, 7) is 0. The average molecular weight is 422 g/mol. The second-order valence-electron chi connectivity index (χ2n) is 7.66. The summed E-state index contributed by atoms with van der Waals surface area (Å²) < 4.78 is 7.51. The van der Waals surface area contributed by atoms with Gasteiger partial charge in [-0.25, -0.2) is 4.98 Å². The number of nitrogens with zero attached hydrogens (tertiary/aromatic N) is 5. The highest BCUT2D eigenvalue weighted by atomic mass is 32.2. The van der Waals surface area contributed by atoms with Crippen LogP contribution in [0.15, 0.2) is 52.2 Å². The third-order valence-corrected chi connectivity index (χ3v) is 6.71. The minimum atomic E-state index is 0.122. The average Bonchev–Trinajstić information content (AvgIpc) is 3.47. The van der Waals surface area contributed by atoms with Crippen molar-refractivity contribution in [2.75, 3.05) is 12.8 Å². The molecule has 0 bridgehead atoms. The molecule has 7 nitrogen and oxygen atoms in total. The molecule has 0 spiro atoms. The molecule has 0 radical (unpaired) electrons. The van der Waals surface area contributed by atoms with E-state index in [1.54, 1.807) is 6.26 Å². The van der Waals surface area contributed by atoms with Crippen molar-refractivity contribution in [1.82, 2.24) is 24.5 Å². The van der Waals surface area contributed by atoms with Crippen molar-refractivity contribution in [2.45, 2.75) is 43.3 Å². The molecule has 5 rings (SSSR count). The fraction of sp³-hybridized carbons (Fsp3) is 0.364. The van der Waals surface area contributed by atoms with Crippen LogP contribution in [0.25, 0.3) is 28.1 Å². The van der Waals surface area contributed by atoms with Crippen LogP contribution in [0.4, 0.5) is 0 Å². The molecule has 1 aromatic carbocycles. The van der Waals surface area contributed by atoms with E-state index in [1.807, 2.05) is 52.7 Å². The van der Waals surface area contributed by atoms with Gasteiger partial charge < -0.3 is 9.32 Å². The lowest BCUT2D eigenvalue weighted by Crippen LogP contribution is -2.39. The fourth-order valence-corrected chi connectivity index (χ4v) is 4.98. The molecule has 1 saturated carbocycles. The number of carbonyl (C=O) groups excluding carboxylic acids is 1. The summed E-state index contributed by atoms with van der Waals surface area (Å²) in [6, 6.07) is 11.9. The molecule has 0 unspecified atom stereocenters. The van der Waals surface area contributed by atoms with E-state index in [9.17, 15) is 4.79 Å². The van der Waals surface area contributed by atoms with E-state index in [0.717, 1.165) is 23.7 Å². The lowest BCUT2D eigenvalue weighted by Gasteiger charge is -2.31. The maximum atomic E-state index is 12.8. The number of thioether (sulfide) groups is 1. The van der Waals surface area contributed by atoms with Gasteiger partial charge in [0, 0.05) is 18.5 Å². The molecule has 0 N–H and O–H groups in total. The van der Waals surface area contributed by atoms with E-state index >= 15 is 0 Å². The second-order valence-corrected chi connectivity index (χ2v) is 8.60. The minimum absolute atomic E-state index is 0.122. The summed E-state index contributed by atoms with van der Waals surface area (Å²) in [4.78, 5) is 19.5. The Bertz CT molecular complexity index is 1180. The second kappa shape index (κ2) is 8.10. The zero-order chi connectivity index (χ0) is 20.5. The van der Waals surface area contributed by atoms with Gasteiger partial charge in [0.15, 0.2) is 22.4 Å². The Morgan fingerprint density at radius 1 is 1.17 bits per heavy atom. The summed E-state index contributed by atoms with van der Waals surface area (Å²) >= 11 is 1.39. The molecule has 154 valence electrons. The highest BCUT2D eigenvalue weighted by Crippen LogP contribution is 2.29. The van der Waals surface area contributed by atoms with Crippen molar-refractivity contribution < 1.29 is 9.21 Å². The molecule has 0 aliphatic heterocycles. The SMILES string of the molecule is CN(C(=O)CSc1nnc2c3ccccc3nc(-c3ccco3)n12)C1CCCCC1. The van der Waals surface area contributed by atoms with Crippen LogP contribution in [0, 0.1) is 0 Å². The zero-order valence-corrected chi connectivity index (χ0v) is 17.6. The van der Waals surface area contributed by atoms with Crippen molar-refractivity contribution in [1.29, 1.82) is 0 Å². The first-order chi connectivity index (χ1) is 14.7. The van der Waals surface area contributed by atoms with Crippen LogP contribution in [0.2, 0.25) is 0 Å². The summed E-state index contributed by atoms with van der Waals surface area (Å²) in [5.74, 6) is 1.71. The van der Waals surface area contributed by atoms with Gasteiger partial charge >= 0.3 is 0 Å². The molecule has 0 saturated heterocycles. The topological polar surface area (TPSA) is 76.5 Å². The Kier molecular flexibility index (Phi) is 5.16. The summed E-state index contributed by atoms with van der Waals surface area (Å²) in [5, 5.41) is 10.4. The van der Waals surface area contributed by atoms with E-state index in [4.69, 9.17) is 9.40 Å². The normalized spacial score (nSPS) is 15.1. The number of rotatable bonds is 5. The molecule has 3 heterocycles. The van der Waals surface area contributed by atoms with Gasteiger partial charge in [0.2, 0.25) is 5.91 Å². The number of para-hydroxylation sites is 1. The number of fused-ring (bicyclic) bond motifs is 3. The summed E-state index contributed by atoms with van der Waals surface area (Å²) in [7, 11) is 1.92. The zero-order valence-electron chi connectivity index (χ0n) is 16.8. The van der Waals surface area contributed by atoms with E-state index in [2.05, 4.69) is 10.2 Å². The first kappa shape index (κ1) is 19.1. The van der Waals surface area contributed by atoms with Gasteiger partial charge in [-0.1, -0.05) is 43.2 Å². The van der Waals surface area contributed by atoms with E-state index < -0.39 is 0 Å². The maximum absolute atomic E-state index is 12.8. The molecule has 4 aromatic rings. The Hall–Kier alpha value is -2.87. The highest BCUT2D eigenvalue weighted by molar-refractivity contribution is 7.99. The predicted molar refractivity (Wildman–Crippen MR) is 116 cm³/mol. The molecular weight excluding hydrogens is 398 g/mol. The first-order valence-electron chi connectivity index (χ1n) is 10.3. The Labute approximate surface area is 178 Å². The highest BCUT2D eigenvalue weighted by Gasteiger charge is 2.23. The van der Waals surface area contributed by atoms with Crippen molar-refractivity contribution in [3.05, 3.63) is 42.7 Å². The monoisotopic (exact) mass is 421 g/mol. The summed E-state index contributed by atoms with van der Waals surface area (Å²) in [5.41, 5.74) is 1.54. The number of carbonyl (C=O) groups is 1. The van der Waals surface area contributed by atoms with Crippen molar-refractivity contribution in [3.8, 4) is 11.6 Å². The molecule has 1 fully saturated rings. The van der Waals surface area contributed by atoms with Crippen LogP contribution in [-0.2, 0) is 4.79 Å². The molecule has 1 aliphatic rings. The van der Waals surface area contributed by atoms with Crippen LogP contribution in [0.5, 0.6) is 0 Å². The predicted octanol–water partition coefficient (Wildman–Crippen LogP) is 4.42.